The van der Waals surface area contributed by atoms with E-state index in [1.807, 2.05) is 19.0 Å². The SMILES string of the molecule is Cc1cc(C(=O)N(CCN(C)C)Cc2cccc(F)c2)c2ccc(F)cc2n1. The summed E-state index contributed by atoms with van der Waals surface area (Å²) in [4.78, 5) is 21.4. The van der Waals surface area contributed by atoms with Crippen molar-refractivity contribution in [3.05, 3.63) is 77.0 Å². The number of fused-ring (bicyclic) bond motifs is 1. The van der Waals surface area contributed by atoms with Gasteiger partial charge in [0.1, 0.15) is 11.6 Å². The second kappa shape index (κ2) is 8.44. The first-order chi connectivity index (χ1) is 13.3. The normalized spacial score (nSPS) is 11.2. The summed E-state index contributed by atoms with van der Waals surface area (Å²) >= 11 is 0. The fourth-order valence-corrected chi connectivity index (χ4v) is 3.11. The summed E-state index contributed by atoms with van der Waals surface area (Å²) in [6, 6.07) is 12.2. The van der Waals surface area contributed by atoms with Gasteiger partial charge in [-0.1, -0.05) is 12.1 Å². The van der Waals surface area contributed by atoms with Crippen molar-refractivity contribution in [1.29, 1.82) is 0 Å². The zero-order valence-corrected chi connectivity index (χ0v) is 16.2. The summed E-state index contributed by atoms with van der Waals surface area (Å²) in [5.41, 5.74) is 2.27. The van der Waals surface area contributed by atoms with Gasteiger partial charge in [0.05, 0.1) is 11.1 Å². The van der Waals surface area contributed by atoms with Crippen LogP contribution in [0.15, 0.2) is 48.5 Å². The van der Waals surface area contributed by atoms with E-state index in [0.717, 1.165) is 0 Å². The molecule has 0 atom stereocenters. The number of nitrogens with zero attached hydrogens (tertiary/aromatic N) is 3. The predicted molar refractivity (Wildman–Crippen MR) is 106 cm³/mol. The van der Waals surface area contributed by atoms with Gasteiger partial charge in [-0.15, -0.1) is 0 Å². The molecule has 4 nitrogen and oxygen atoms in total. The van der Waals surface area contributed by atoms with E-state index in [1.54, 1.807) is 36.1 Å². The van der Waals surface area contributed by atoms with Gasteiger partial charge < -0.3 is 9.80 Å². The molecule has 6 heteroatoms. The third-order valence-electron chi connectivity index (χ3n) is 4.50. The summed E-state index contributed by atoms with van der Waals surface area (Å²) in [6.45, 7) is 3.20. The van der Waals surface area contributed by atoms with E-state index in [-0.39, 0.29) is 18.3 Å². The Hall–Kier alpha value is -2.86. The van der Waals surface area contributed by atoms with Crippen molar-refractivity contribution in [2.24, 2.45) is 0 Å². The van der Waals surface area contributed by atoms with Gasteiger partial charge in [-0.2, -0.15) is 0 Å². The van der Waals surface area contributed by atoms with Crippen molar-refractivity contribution in [1.82, 2.24) is 14.8 Å². The van der Waals surface area contributed by atoms with Gasteiger partial charge in [0.25, 0.3) is 5.91 Å². The van der Waals surface area contributed by atoms with Crippen LogP contribution in [0.25, 0.3) is 10.9 Å². The van der Waals surface area contributed by atoms with E-state index in [4.69, 9.17) is 0 Å². The number of carbonyl (C=O) groups is 1. The van der Waals surface area contributed by atoms with Crippen LogP contribution in [0.4, 0.5) is 8.78 Å². The monoisotopic (exact) mass is 383 g/mol. The molecule has 3 aromatic rings. The lowest BCUT2D eigenvalue weighted by atomic mass is 10.1. The third-order valence-corrected chi connectivity index (χ3v) is 4.50. The second-order valence-electron chi connectivity index (χ2n) is 7.13. The molecule has 28 heavy (non-hydrogen) atoms. The summed E-state index contributed by atoms with van der Waals surface area (Å²) in [5, 5.41) is 0.603. The minimum atomic E-state index is -0.395. The average molecular weight is 383 g/mol. The fraction of sp³-hybridized carbons (Fsp3) is 0.273. The molecule has 0 fully saturated rings. The summed E-state index contributed by atoms with van der Waals surface area (Å²) in [5.74, 6) is -0.917. The molecule has 0 saturated carbocycles. The molecule has 0 aliphatic rings. The van der Waals surface area contributed by atoms with Crippen LogP contribution >= 0.6 is 0 Å². The van der Waals surface area contributed by atoms with Crippen LogP contribution in [0.1, 0.15) is 21.6 Å². The Morgan fingerprint density at radius 3 is 2.46 bits per heavy atom. The molecule has 0 N–H and O–H groups in total. The van der Waals surface area contributed by atoms with Crippen LogP contribution in [0.5, 0.6) is 0 Å². The Morgan fingerprint density at radius 1 is 1.00 bits per heavy atom. The Bertz CT molecular complexity index is 999. The van der Waals surface area contributed by atoms with E-state index in [1.165, 1.54) is 24.3 Å². The van der Waals surface area contributed by atoms with Crippen molar-refractivity contribution in [3.63, 3.8) is 0 Å². The molecular formula is C22H23F2N3O. The minimum absolute atomic E-state index is 0.187. The van der Waals surface area contributed by atoms with Gasteiger partial charge >= 0.3 is 0 Å². The van der Waals surface area contributed by atoms with Gasteiger partial charge in [-0.05, 0) is 56.9 Å². The summed E-state index contributed by atoms with van der Waals surface area (Å²) < 4.78 is 27.2. The third kappa shape index (κ3) is 4.70. The molecule has 0 spiro atoms. The van der Waals surface area contributed by atoms with Gasteiger partial charge in [0.15, 0.2) is 0 Å². The van der Waals surface area contributed by atoms with E-state index in [9.17, 15) is 13.6 Å². The Kier molecular flexibility index (Phi) is 5.99. The van der Waals surface area contributed by atoms with E-state index in [0.29, 0.717) is 40.8 Å². The lowest BCUT2D eigenvalue weighted by Crippen LogP contribution is -2.36. The number of hydrogen-bond acceptors (Lipinski definition) is 3. The van der Waals surface area contributed by atoms with E-state index >= 15 is 0 Å². The van der Waals surface area contributed by atoms with Crippen LogP contribution in [0.3, 0.4) is 0 Å². The Morgan fingerprint density at radius 2 is 1.75 bits per heavy atom. The standard InChI is InChI=1S/C22H23F2N3O/c1-15-11-20(19-8-7-18(24)13-21(19)25-15)22(28)27(10-9-26(2)3)14-16-5-4-6-17(23)12-16/h4-8,11-13H,9-10,14H2,1-3H3. The molecule has 0 unspecified atom stereocenters. The van der Waals surface area contributed by atoms with Crippen molar-refractivity contribution < 1.29 is 13.6 Å². The lowest BCUT2D eigenvalue weighted by Gasteiger charge is -2.25. The van der Waals surface area contributed by atoms with Crippen LogP contribution in [-0.4, -0.2) is 47.9 Å². The number of amides is 1. The quantitative estimate of drug-likeness (QED) is 0.645. The molecule has 0 radical (unpaired) electrons. The van der Waals surface area contributed by atoms with Crippen LogP contribution in [0, 0.1) is 18.6 Å². The van der Waals surface area contributed by atoms with Crippen molar-refractivity contribution in [2.45, 2.75) is 13.5 Å². The Labute approximate surface area is 163 Å². The van der Waals surface area contributed by atoms with Crippen LogP contribution in [0.2, 0.25) is 0 Å². The largest absolute Gasteiger partial charge is 0.333 e. The van der Waals surface area contributed by atoms with Crippen molar-refractivity contribution in [2.75, 3.05) is 27.2 Å². The number of carbonyl (C=O) groups excluding carboxylic acids is 1. The van der Waals surface area contributed by atoms with E-state index < -0.39 is 5.82 Å². The molecular weight excluding hydrogens is 360 g/mol. The zero-order valence-electron chi connectivity index (χ0n) is 16.2. The number of benzene rings is 2. The van der Waals surface area contributed by atoms with Gasteiger partial charge in [-0.3, -0.25) is 9.78 Å². The maximum absolute atomic E-state index is 13.6. The number of aromatic nitrogens is 1. The molecule has 0 saturated heterocycles. The van der Waals surface area contributed by atoms with Crippen molar-refractivity contribution in [3.8, 4) is 0 Å². The highest BCUT2D eigenvalue weighted by Crippen LogP contribution is 2.22. The van der Waals surface area contributed by atoms with E-state index in [2.05, 4.69) is 4.98 Å². The summed E-state index contributed by atoms with van der Waals surface area (Å²) in [6.07, 6.45) is 0. The molecule has 0 aliphatic heterocycles. The highest BCUT2D eigenvalue weighted by atomic mass is 19.1. The number of pyridine rings is 1. The lowest BCUT2D eigenvalue weighted by molar-refractivity contribution is 0.0733. The smallest absolute Gasteiger partial charge is 0.254 e. The first-order valence-corrected chi connectivity index (χ1v) is 9.09. The Balaban J connectivity index is 1.99. The molecule has 0 bridgehead atoms. The van der Waals surface area contributed by atoms with Gasteiger partial charge in [-0.25, -0.2) is 8.78 Å². The first kappa shape index (κ1) is 19.9. The topological polar surface area (TPSA) is 36.4 Å². The molecule has 1 amide bonds. The number of hydrogen-bond donors (Lipinski definition) is 0. The minimum Gasteiger partial charge on any atom is -0.333 e. The molecule has 2 aromatic carbocycles. The second-order valence-corrected chi connectivity index (χ2v) is 7.13. The zero-order chi connectivity index (χ0) is 20.3. The summed E-state index contributed by atoms with van der Waals surface area (Å²) in [7, 11) is 3.86. The number of halogens is 2. The number of aryl methyl sites for hydroxylation is 1. The van der Waals surface area contributed by atoms with Gasteiger partial charge in [0.2, 0.25) is 0 Å². The molecule has 1 heterocycles. The predicted octanol–water partition coefficient (Wildman–Crippen LogP) is 4.03. The molecule has 1 aromatic heterocycles. The fourth-order valence-electron chi connectivity index (χ4n) is 3.11. The molecule has 0 aliphatic carbocycles. The average Bonchev–Trinajstić information content (AvgIpc) is 2.63. The van der Waals surface area contributed by atoms with Crippen molar-refractivity contribution >= 4 is 16.8 Å². The molecule has 146 valence electrons. The van der Waals surface area contributed by atoms with Crippen LogP contribution in [-0.2, 0) is 6.54 Å². The maximum atomic E-state index is 13.6. The highest BCUT2D eigenvalue weighted by molar-refractivity contribution is 6.06. The maximum Gasteiger partial charge on any atom is 0.254 e. The highest BCUT2D eigenvalue weighted by Gasteiger charge is 2.20. The first-order valence-electron chi connectivity index (χ1n) is 9.09. The molecule has 3 rings (SSSR count). The number of rotatable bonds is 6. The van der Waals surface area contributed by atoms with Crippen LogP contribution < -0.4 is 0 Å². The van der Waals surface area contributed by atoms with Gasteiger partial charge in [0, 0.05) is 36.8 Å². The number of likely N-dealkylation sites (N-methyl/N-ethyl adjacent to an activating group) is 1.